The molecule has 19 heavy (non-hydrogen) atoms. The monoisotopic (exact) mass is 296 g/mol. The Morgan fingerprint density at radius 3 is 2.63 bits per heavy atom. The number of methoxy groups -OCH3 is 1. The van der Waals surface area contributed by atoms with Gasteiger partial charge in [-0.15, -0.1) is 0 Å². The Labute approximate surface area is 114 Å². The van der Waals surface area contributed by atoms with Gasteiger partial charge < -0.3 is 15.7 Å². The third kappa shape index (κ3) is 7.98. The first-order valence-corrected chi connectivity index (χ1v) is 7.47. The zero-order chi connectivity index (χ0) is 14.9. The summed E-state index contributed by atoms with van der Waals surface area (Å²) in [6, 6.07) is 0. The summed E-state index contributed by atoms with van der Waals surface area (Å²) in [5.41, 5.74) is 5.36. The molecule has 4 N–H and O–H groups in total. The number of nitrogens with zero attached hydrogens (tertiary/aromatic N) is 2. The molecule has 8 nitrogen and oxygen atoms in total. The lowest BCUT2D eigenvalue weighted by atomic mass is 10.2. The highest BCUT2D eigenvalue weighted by molar-refractivity contribution is 7.87. The van der Waals surface area contributed by atoms with E-state index in [1.54, 1.807) is 0 Å². The van der Waals surface area contributed by atoms with Crippen molar-refractivity contribution >= 4 is 16.0 Å². The summed E-state index contributed by atoms with van der Waals surface area (Å²) in [5.74, 6) is 0.173. The van der Waals surface area contributed by atoms with Gasteiger partial charge in [0.15, 0.2) is 0 Å². The largest absolute Gasteiger partial charge is 0.409 e. The van der Waals surface area contributed by atoms with Crippen molar-refractivity contribution in [1.29, 1.82) is 0 Å². The number of hydrogen-bond donors (Lipinski definition) is 3. The van der Waals surface area contributed by atoms with Crippen molar-refractivity contribution in [3.63, 3.8) is 0 Å². The smallest absolute Gasteiger partial charge is 0.279 e. The van der Waals surface area contributed by atoms with Gasteiger partial charge in [0.25, 0.3) is 10.2 Å². The number of nitrogens with two attached hydrogens (primary N) is 1. The van der Waals surface area contributed by atoms with Crippen LogP contribution >= 0.6 is 0 Å². The quantitative estimate of drug-likeness (QED) is 0.166. The zero-order valence-electron chi connectivity index (χ0n) is 11.7. The molecule has 114 valence electrons. The molecule has 0 aliphatic heterocycles. The summed E-state index contributed by atoms with van der Waals surface area (Å²) in [7, 11) is -2.08. The van der Waals surface area contributed by atoms with E-state index < -0.39 is 10.2 Å². The second-order valence-corrected chi connectivity index (χ2v) is 6.24. The van der Waals surface area contributed by atoms with Gasteiger partial charge in [-0.2, -0.15) is 17.4 Å². The fourth-order valence-corrected chi connectivity index (χ4v) is 2.72. The molecule has 0 aliphatic carbocycles. The molecule has 0 atom stereocenters. The molecule has 0 heterocycles. The van der Waals surface area contributed by atoms with Gasteiger partial charge >= 0.3 is 0 Å². The molecule has 9 heteroatoms. The van der Waals surface area contributed by atoms with Crippen LogP contribution in [0.2, 0.25) is 0 Å². The molecule has 0 bridgehead atoms. The molecule has 0 aromatic rings. The van der Waals surface area contributed by atoms with E-state index in [9.17, 15) is 8.42 Å². The highest BCUT2D eigenvalue weighted by atomic mass is 32.2. The summed E-state index contributed by atoms with van der Waals surface area (Å²) in [4.78, 5) is 0. The Balaban J connectivity index is 4.62. The van der Waals surface area contributed by atoms with Crippen LogP contribution in [0.15, 0.2) is 5.16 Å². The van der Waals surface area contributed by atoms with Gasteiger partial charge in [0.2, 0.25) is 0 Å². The Morgan fingerprint density at radius 2 is 2.16 bits per heavy atom. The highest BCUT2D eigenvalue weighted by Gasteiger charge is 2.22. The Hall–Kier alpha value is -0.900. The molecule has 0 amide bonds. The van der Waals surface area contributed by atoms with Gasteiger partial charge in [-0.25, -0.2) is 0 Å². The van der Waals surface area contributed by atoms with Crippen molar-refractivity contribution in [3.05, 3.63) is 0 Å². The van der Waals surface area contributed by atoms with Gasteiger partial charge in [0.05, 0.1) is 6.61 Å². The van der Waals surface area contributed by atoms with Crippen LogP contribution < -0.4 is 10.5 Å². The van der Waals surface area contributed by atoms with E-state index in [0.717, 1.165) is 0 Å². The average Bonchev–Trinajstić information content (AvgIpc) is 2.33. The van der Waals surface area contributed by atoms with Crippen LogP contribution in [-0.4, -0.2) is 57.1 Å². The standard InChI is InChI=1S/C10H24N4O4S/c1-9(2)8-14(6-4-10(11)13-15)19(16,17)12-5-7-18-3/h9,12,15H,4-8H2,1-3H3,(H2,11,13). The predicted molar refractivity (Wildman–Crippen MR) is 73.2 cm³/mol. The lowest BCUT2D eigenvalue weighted by Gasteiger charge is -2.23. The van der Waals surface area contributed by atoms with E-state index in [1.807, 2.05) is 13.8 Å². The molecular weight excluding hydrogens is 272 g/mol. The zero-order valence-corrected chi connectivity index (χ0v) is 12.5. The van der Waals surface area contributed by atoms with Crippen molar-refractivity contribution in [3.8, 4) is 0 Å². The summed E-state index contributed by atoms with van der Waals surface area (Å²) >= 11 is 0. The highest BCUT2D eigenvalue weighted by Crippen LogP contribution is 2.05. The van der Waals surface area contributed by atoms with E-state index in [1.165, 1.54) is 11.4 Å². The normalized spacial score (nSPS) is 13.4. The average molecular weight is 296 g/mol. The Kier molecular flexibility index (Phi) is 8.65. The Morgan fingerprint density at radius 1 is 1.53 bits per heavy atom. The minimum absolute atomic E-state index is 0.000785. The van der Waals surface area contributed by atoms with Crippen molar-refractivity contribution in [1.82, 2.24) is 9.03 Å². The second-order valence-electron chi connectivity index (χ2n) is 4.49. The molecule has 0 radical (unpaired) electrons. The summed E-state index contributed by atoms with van der Waals surface area (Å²) in [5, 5.41) is 11.3. The number of rotatable bonds is 10. The van der Waals surface area contributed by atoms with E-state index in [2.05, 4.69) is 9.88 Å². The maximum atomic E-state index is 12.1. The van der Waals surface area contributed by atoms with Crippen LogP contribution in [0.1, 0.15) is 20.3 Å². The van der Waals surface area contributed by atoms with Crippen LogP contribution in [-0.2, 0) is 14.9 Å². The summed E-state index contributed by atoms with van der Waals surface area (Å²) in [6.45, 7) is 4.87. The molecule has 0 saturated carbocycles. The molecule has 0 aromatic heterocycles. The van der Waals surface area contributed by atoms with Crippen molar-refractivity contribution in [2.75, 3.05) is 33.4 Å². The SMILES string of the molecule is COCCNS(=O)(=O)N(CCC(N)=NO)CC(C)C. The predicted octanol–water partition coefficient (Wildman–Crippen LogP) is -0.438. The molecule has 0 rings (SSSR count). The summed E-state index contributed by atoms with van der Waals surface area (Å²) < 4.78 is 32.6. The van der Waals surface area contributed by atoms with E-state index in [0.29, 0.717) is 13.2 Å². The molecule has 0 spiro atoms. The third-order valence-electron chi connectivity index (χ3n) is 2.25. The topological polar surface area (TPSA) is 117 Å². The molecule has 0 aliphatic rings. The maximum Gasteiger partial charge on any atom is 0.279 e. The van der Waals surface area contributed by atoms with Crippen LogP contribution in [0.5, 0.6) is 0 Å². The van der Waals surface area contributed by atoms with Crippen LogP contribution in [0.4, 0.5) is 0 Å². The molecule has 0 aromatic carbocycles. The van der Waals surface area contributed by atoms with Crippen LogP contribution in [0.3, 0.4) is 0 Å². The maximum absolute atomic E-state index is 12.1. The lowest BCUT2D eigenvalue weighted by molar-refractivity contribution is 0.203. The number of oxime groups is 1. The number of nitrogens with one attached hydrogen (secondary N) is 1. The van der Waals surface area contributed by atoms with Gasteiger partial charge in [0, 0.05) is 33.2 Å². The first kappa shape index (κ1) is 18.1. The minimum atomic E-state index is -3.58. The fraction of sp³-hybridized carbons (Fsp3) is 0.900. The van der Waals surface area contributed by atoms with E-state index in [4.69, 9.17) is 15.7 Å². The minimum Gasteiger partial charge on any atom is -0.409 e. The molecule has 0 saturated heterocycles. The molecule has 0 unspecified atom stereocenters. The Bertz CT molecular complexity index is 370. The number of amidine groups is 1. The molecule has 0 fully saturated rings. The van der Waals surface area contributed by atoms with Gasteiger partial charge in [-0.3, -0.25) is 0 Å². The van der Waals surface area contributed by atoms with E-state index in [-0.39, 0.29) is 31.3 Å². The van der Waals surface area contributed by atoms with Gasteiger partial charge in [-0.05, 0) is 5.92 Å². The van der Waals surface area contributed by atoms with Crippen molar-refractivity contribution in [2.24, 2.45) is 16.8 Å². The summed E-state index contributed by atoms with van der Waals surface area (Å²) in [6.07, 6.45) is 0.175. The van der Waals surface area contributed by atoms with Crippen molar-refractivity contribution < 1.29 is 18.4 Å². The van der Waals surface area contributed by atoms with E-state index >= 15 is 0 Å². The first-order valence-electron chi connectivity index (χ1n) is 6.03. The van der Waals surface area contributed by atoms with Gasteiger partial charge in [0.1, 0.15) is 5.84 Å². The first-order chi connectivity index (χ1) is 8.83. The fourth-order valence-electron chi connectivity index (χ4n) is 1.37. The third-order valence-corrected chi connectivity index (χ3v) is 3.83. The van der Waals surface area contributed by atoms with Gasteiger partial charge in [-0.1, -0.05) is 19.0 Å². The van der Waals surface area contributed by atoms with Crippen molar-refractivity contribution in [2.45, 2.75) is 20.3 Å². The molecular formula is C10H24N4O4S. The second kappa shape index (κ2) is 9.08. The number of hydrogen-bond acceptors (Lipinski definition) is 5. The van der Waals surface area contributed by atoms with Crippen LogP contribution in [0.25, 0.3) is 0 Å². The van der Waals surface area contributed by atoms with Crippen LogP contribution in [0, 0.1) is 5.92 Å². The lowest BCUT2D eigenvalue weighted by Crippen LogP contribution is -2.44. The number of ether oxygens (including phenoxy) is 1.